The van der Waals surface area contributed by atoms with Gasteiger partial charge in [0.25, 0.3) is 0 Å². The Labute approximate surface area is 171 Å². The van der Waals surface area contributed by atoms with Crippen LogP contribution >= 0.6 is 0 Å². The van der Waals surface area contributed by atoms with Gasteiger partial charge in [-0.05, 0) is 47.4 Å². The second-order valence-corrected chi connectivity index (χ2v) is 14.1. The highest BCUT2D eigenvalue weighted by Crippen LogP contribution is 2.62. The smallest absolute Gasteiger partial charge is 0.0764 e. The maximum absolute atomic E-state index is 2.55. The molecule has 0 saturated carbocycles. The van der Waals surface area contributed by atoms with E-state index in [0.29, 0.717) is 5.92 Å². The molecular weight excluding hydrogens is 352 g/mol. The van der Waals surface area contributed by atoms with Crippen LogP contribution in [0.5, 0.6) is 0 Å². The highest BCUT2D eigenvalue weighted by Gasteiger charge is 2.55. The third kappa shape index (κ3) is 2.95. The Balaban J connectivity index is 1.14. The predicted octanol–water partition coefficient (Wildman–Crippen LogP) is 7.74. The Morgan fingerprint density at radius 2 is 1.64 bits per heavy atom. The first-order valence-electron chi connectivity index (χ1n) is 11.2. The standard InChI is InChI=1S/C27H32Si/c1-19(9-8-11-21-17-16-20-10-4-5-12-22(20)21)15-18-25-23-13-6-7-14-24(23)26-27(25)28(26,2)3/h4-7,10,12-14,16-17,19,21,25H,8-9,11,15,18H2,1-3H3. The maximum Gasteiger partial charge on any atom is 0.108 e. The van der Waals surface area contributed by atoms with Crippen LogP contribution in [0.3, 0.4) is 0 Å². The highest BCUT2D eigenvalue weighted by molar-refractivity contribution is 7.13. The fraction of sp³-hybridized carbons (Fsp3) is 0.407. The topological polar surface area (TPSA) is 0 Å². The Hall–Kier alpha value is -1.86. The van der Waals surface area contributed by atoms with E-state index < -0.39 is 8.07 Å². The van der Waals surface area contributed by atoms with Gasteiger partial charge in [0.1, 0.15) is 8.07 Å². The summed E-state index contributed by atoms with van der Waals surface area (Å²) >= 11 is 0. The largest absolute Gasteiger partial charge is 0.108 e. The molecule has 0 N–H and O–H groups in total. The van der Waals surface area contributed by atoms with Crippen molar-refractivity contribution in [2.24, 2.45) is 5.92 Å². The summed E-state index contributed by atoms with van der Waals surface area (Å²) in [6.07, 6.45) is 11.5. The molecule has 0 radical (unpaired) electrons. The predicted molar refractivity (Wildman–Crippen MR) is 124 cm³/mol. The summed E-state index contributed by atoms with van der Waals surface area (Å²) in [6, 6.07) is 18.1. The van der Waals surface area contributed by atoms with Crippen LogP contribution in [0.1, 0.15) is 73.1 Å². The molecule has 2 aromatic carbocycles. The molecular formula is C27H32Si. The molecule has 3 aliphatic rings. The highest BCUT2D eigenvalue weighted by atomic mass is 28.3. The van der Waals surface area contributed by atoms with Crippen molar-refractivity contribution >= 4 is 19.3 Å². The van der Waals surface area contributed by atoms with E-state index >= 15 is 0 Å². The summed E-state index contributed by atoms with van der Waals surface area (Å²) < 4.78 is 0. The summed E-state index contributed by atoms with van der Waals surface area (Å²) in [4.78, 5) is 0. The van der Waals surface area contributed by atoms with Crippen molar-refractivity contribution in [1.29, 1.82) is 0 Å². The molecule has 1 heteroatoms. The van der Waals surface area contributed by atoms with Crippen LogP contribution in [-0.4, -0.2) is 8.07 Å². The molecule has 0 spiro atoms. The maximum atomic E-state index is 2.55. The van der Waals surface area contributed by atoms with Crippen molar-refractivity contribution in [3.8, 4) is 0 Å². The minimum Gasteiger partial charge on any atom is -0.0764 e. The molecule has 5 rings (SSSR count). The van der Waals surface area contributed by atoms with Crippen molar-refractivity contribution < 1.29 is 0 Å². The van der Waals surface area contributed by atoms with Gasteiger partial charge < -0.3 is 0 Å². The molecule has 2 aliphatic carbocycles. The van der Waals surface area contributed by atoms with Crippen LogP contribution in [0.4, 0.5) is 0 Å². The summed E-state index contributed by atoms with van der Waals surface area (Å²) in [5, 5.41) is 3.68. The first kappa shape index (κ1) is 18.2. The lowest BCUT2D eigenvalue weighted by atomic mass is 9.88. The van der Waals surface area contributed by atoms with Gasteiger partial charge in [-0.15, -0.1) is 0 Å². The molecule has 0 bridgehead atoms. The number of rotatable bonds is 7. The second-order valence-electron chi connectivity index (χ2n) is 9.76. The van der Waals surface area contributed by atoms with E-state index in [1.807, 2.05) is 5.20 Å². The van der Waals surface area contributed by atoms with Crippen LogP contribution < -0.4 is 0 Å². The van der Waals surface area contributed by atoms with Gasteiger partial charge >= 0.3 is 0 Å². The van der Waals surface area contributed by atoms with E-state index in [1.165, 1.54) is 43.2 Å². The van der Waals surface area contributed by atoms with Crippen LogP contribution in [0.2, 0.25) is 13.1 Å². The summed E-state index contributed by atoms with van der Waals surface area (Å²) in [7, 11) is -1.14. The number of hydrogen-bond donors (Lipinski definition) is 0. The second kappa shape index (κ2) is 6.88. The Bertz CT molecular complexity index is 962. The van der Waals surface area contributed by atoms with Crippen LogP contribution in [0, 0.1) is 5.92 Å². The van der Waals surface area contributed by atoms with Crippen LogP contribution in [0.25, 0.3) is 11.3 Å². The van der Waals surface area contributed by atoms with E-state index in [0.717, 1.165) is 11.8 Å². The molecule has 1 heterocycles. The van der Waals surface area contributed by atoms with E-state index in [4.69, 9.17) is 0 Å². The zero-order valence-corrected chi connectivity index (χ0v) is 18.5. The normalized spacial score (nSPS) is 24.1. The number of allylic oxidation sites excluding steroid dienone is 2. The van der Waals surface area contributed by atoms with Gasteiger partial charge in [-0.1, -0.05) is 104 Å². The molecule has 1 aliphatic heterocycles. The lowest BCUT2D eigenvalue weighted by Gasteiger charge is -2.23. The fourth-order valence-corrected chi connectivity index (χ4v) is 10.1. The minimum atomic E-state index is -1.14. The lowest BCUT2D eigenvalue weighted by molar-refractivity contribution is 0.438. The Kier molecular flexibility index (Phi) is 4.47. The van der Waals surface area contributed by atoms with E-state index in [1.54, 1.807) is 16.3 Å². The fourth-order valence-electron chi connectivity index (χ4n) is 5.93. The zero-order chi connectivity index (χ0) is 19.3. The molecule has 144 valence electrons. The molecule has 0 saturated heterocycles. The number of hydrogen-bond acceptors (Lipinski definition) is 0. The van der Waals surface area contributed by atoms with E-state index in [2.05, 4.69) is 80.7 Å². The van der Waals surface area contributed by atoms with E-state index in [9.17, 15) is 0 Å². The molecule has 2 aromatic rings. The molecule has 0 fully saturated rings. The van der Waals surface area contributed by atoms with Gasteiger partial charge in [0, 0.05) is 11.8 Å². The monoisotopic (exact) mass is 384 g/mol. The van der Waals surface area contributed by atoms with Crippen molar-refractivity contribution in [3.05, 3.63) is 82.1 Å². The molecule has 0 amide bonds. The molecule has 0 nitrogen and oxygen atoms in total. The number of fused-ring (bicyclic) bond motifs is 3. The Morgan fingerprint density at radius 1 is 0.893 bits per heavy atom. The van der Waals surface area contributed by atoms with Crippen molar-refractivity contribution in [2.75, 3.05) is 0 Å². The lowest BCUT2D eigenvalue weighted by Crippen LogP contribution is -2.19. The van der Waals surface area contributed by atoms with Gasteiger partial charge in [0.15, 0.2) is 0 Å². The number of benzene rings is 2. The summed E-state index contributed by atoms with van der Waals surface area (Å²) in [6.45, 7) is 7.58. The first-order valence-corrected chi connectivity index (χ1v) is 14.2. The van der Waals surface area contributed by atoms with Gasteiger partial charge in [-0.3, -0.25) is 0 Å². The third-order valence-electron chi connectivity index (χ3n) is 7.52. The molecule has 3 atom stereocenters. The van der Waals surface area contributed by atoms with Gasteiger partial charge in [-0.2, -0.15) is 0 Å². The SMILES string of the molecule is CC(CCCC1C=Cc2ccccc21)CCC1C2=C(c3ccccc31)[Si]2(C)C. The van der Waals surface area contributed by atoms with Crippen LogP contribution in [-0.2, 0) is 0 Å². The average molecular weight is 385 g/mol. The molecule has 28 heavy (non-hydrogen) atoms. The first-order chi connectivity index (χ1) is 13.6. The van der Waals surface area contributed by atoms with Crippen molar-refractivity contribution in [3.63, 3.8) is 0 Å². The summed E-state index contributed by atoms with van der Waals surface area (Å²) in [5.74, 6) is 2.23. The Morgan fingerprint density at radius 3 is 2.50 bits per heavy atom. The van der Waals surface area contributed by atoms with Gasteiger partial charge in [-0.25, -0.2) is 0 Å². The van der Waals surface area contributed by atoms with Gasteiger partial charge in [0.2, 0.25) is 0 Å². The van der Waals surface area contributed by atoms with Gasteiger partial charge in [0.05, 0.1) is 0 Å². The van der Waals surface area contributed by atoms with Crippen molar-refractivity contribution in [1.82, 2.24) is 0 Å². The summed E-state index contributed by atoms with van der Waals surface area (Å²) in [5.41, 5.74) is 6.22. The van der Waals surface area contributed by atoms with Crippen molar-refractivity contribution in [2.45, 2.75) is 64.0 Å². The van der Waals surface area contributed by atoms with E-state index in [-0.39, 0.29) is 0 Å². The quantitative estimate of drug-likeness (QED) is 0.428. The minimum absolute atomic E-state index is 0.649. The molecule has 3 unspecified atom stereocenters. The average Bonchev–Trinajstić information content (AvgIpc) is 3.02. The molecule has 0 aromatic heterocycles. The zero-order valence-electron chi connectivity index (χ0n) is 17.5. The third-order valence-corrected chi connectivity index (χ3v) is 11.0. The van der Waals surface area contributed by atoms with Crippen LogP contribution in [0.15, 0.2) is 59.8 Å².